The number of aromatic nitrogens is 3. The molecule has 0 aliphatic heterocycles. The number of anilines is 2. The molecule has 5 nitrogen and oxygen atoms in total. The van der Waals surface area contributed by atoms with E-state index in [1.54, 1.807) is 0 Å². The zero-order valence-corrected chi connectivity index (χ0v) is 10.6. The third-order valence-corrected chi connectivity index (χ3v) is 2.72. The minimum atomic E-state index is 0.534. The van der Waals surface area contributed by atoms with E-state index in [-0.39, 0.29) is 0 Å². The number of rotatable bonds is 4. The number of nitrogen functional groups attached to an aromatic ring is 1. The molecule has 0 saturated carbocycles. The zero-order valence-electron chi connectivity index (χ0n) is 10.6. The Bertz CT molecular complexity index is 539. The Morgan fingerprint density at radius 3 is 2.83 bits per heavy atom. The van der Waals surface area contributed by atoms with Crippen molar-refractivity contribution in [1.82, 2.24) is 15.0 Å². The Labute approximate surface area is 106 Å². The maximum absolute atomic E-state index is 5.82. The van der Waals surface area contributed by atoms with Crippen LogP contribution in [0.15, 0.2) is 24.5 Å². The lowest BCUT2D eigenvalue weighted by molar-refractivity contribution is 0.977. The van der Waals surface area contributed by atoms with Gasteiger partial charge in [0.2, 0.25) is 0 Å². The van der Waals surface area contributed by atoms with E-state index < -0.39 is 0 Å². The van der Waals surface area contributed by atoms with Crippen LogP contribution >= 0.6 is 0 Å². The molecule has 3 N–H and O–H groups in total. The molecule has 0 spiro atoms. The minimum Gasteiger partial charge on any atom is -0.383 e. The van der Waals surface area contributed by atoms with Crippen molar-refractivity contribution < 1.29 is 0 Å². The maximum atomic E-state index is 5.82. The highest BCUT2D eigenvalue weighted by Gasteiger charge is 2.06. The summed E-state index contributed by atoms with van der Waals surface area (Å²) in [6, 6.07) is 5.95. The van der Waals surface area contributed by atoms with Crippen molar-refractivity contribution in [3.05, 3.63) is 41.5 Å². The summed E-state index contributed by atoms with van der Waals surface area (Å²) in [6.45, 7) is 4.64. The molecule has 18 heavy (non-hydrogen) atoms. The van der Waals surface area contributed by atoms with E-state index in [4.69, 9.17) is 5.73 Å². The van der Waals surface area contributed by atoms with Crippen LogP contribution in [0, 0.1) is 6.92 Å². The fourth-order valence-electron chi connectivity index (χ4n) is 1.80. The second kappa shape index (κ2) is 5.44. The van der Waals surface area contributed by atoms with Crippen LogP contribution in [0.4, 0.5) is 11.6 Å². The number of aryl methyl sites for hydroxylation is 1. The van der Waals surface area contributed by atoms with Crippen LogP contribution in [0.1, 0.15) is 23.9 Å². The van der Waals surface area contributed by atoms with Crippen molar-refractivity contribution >= 4 is 11.6 Å². The molecule has 0 aliphatic rings. The van der Waals surface area contributed by atoms with E-state index in [0.29, 0.717) is 12.4 Å². The summed E-state index contributed by atoms with van der Waals surface area (Å²) in [5.74, 6) is 1.32. The summed E-state index contributed by atoms with van der Waals surface area (Å²) < 4.78 is 0. The van der Waals surface area contributed by atoms with Crippen LogP contribution < -0.4 is 11.1 Å². The highest BCUT2D eigenvalue weighted by molar-refractivity contribution is 5.54. The molecule has 0 amide bonds. The molecule has 0 atom stereocenters. The van der Waals surface area contributed by atoms with E-state index in [9.17, 15) is 0 Å². The number of hydrogen-bond donors (Lipinski definition) is 2. The highest BCUT2D eigenvalue weighted by Crippen LogP contribution is 2.17. The molecule has 0 unspecified atom stereocenters. The second-order valence-corrected chi connectivity index (χ2v) is 4.06. The summed E-state index contributed by atoms with van der Waals surface area (Å²) in [4.78, 5) is 12.6. The molecule has 0 bridgehead atoms. The number of nitrogens with zero attached hydrogens (tertiary/aromatic N) is 3. The van der Waals surface area contributed by atoms with Gasteiger partial charge in [-0.15, -0.1) is 0 Å². The predicted octanol–water partition coefficient (Wildman–Crippen LogP) is 1.94. The first kappa shape index (κ1) is 12.3. The van der Waals surface area contributed by atoms with E-state index >= 15 is 0 Å². The summed E-state index contributed by atoms with van der Waals surface area (Å²) >= 11 is 0. The van der Waals surface area contributed by atoms with Gasteiger partial charge in [0.1, 0.15) is 18.0 Å². The first-order valence-corrected chi connectivity index (χ1v) is 5.96. The minimum absolute atomic E-state index is 0.534. The van der Waals surface area contributed by atoms with E-state index in [0.717, 1.165) is 29.2 Å². The third-order valence-electron chi connectivity index (χ3n) is 2.72. The van der Waals surface area contributed by atoms with Crippen molar-refractivity contribution in [2.24, 2.45) is 0 Å². The van der Waals surface area contributed by atoms with Crippen molar-refractivity contribution in [2.45, 2.75) is 26.8 Å². The number of hydrogen-bond acceptors (Lipinski definition) is 5. The highest BCUT2D eigenvalue weighted by atomic mass is 15.0. The molecule has 2 aromatic heterocycles. The van der Waals surface area contributed by atoms with Crippen LogP contribution in [0.2, 0.25) is 0 Å². The van der Waals surface area contributed by atoms with Crippen molar-refractivity contribution in [2.75, 3.05) is 11.1 Å². The van der Waals surface area contributed by atoms with Gasteiger partial charge in [-0.3, -0.25) is 4.98 Å². The van der Waals surface area contributed by atoms with Gasteiger partial charge < -0.3 is 11.1 Å². The molecule has 2 aromatic rings. The third kappa shape index (κ3) is 2.74. The molecule has 2 rings (SSSR count). The Morgan fingerprint density at radius 2 is 2.11 bits per heavy atom. The smallest absolute Gasteiger partial charge is 0.135 e. The summed E-state index contributed by atoms with van der Waals surface area (Å²) in [6.07, 6.45) is 2.27. The molecule has 0 radical (unpaired) electrons. The number of nitrogens with two attached hydrogens (primary N) is 1. The first-order chi connectivity index (χ1) is 8.70. The van der Waals surface area contributed by atoms with Crippen molar-refractivity contribution in [3.8, 4) is 0 Å². The van der Waals surface area contributed by atoms with Crippen LogP contribution in [0.25, 0.3) is 0 Å². The molecular weight excluding hydrogens is 226 g/mol. The fraction of sp³-hybridized carbons (Fsp3) is 0.308. The normalized spacial score (nSPS) is 10.3. The Hall–Kier alpha value is -2.17. The SMILES string of the molecule is CCc1c(N)ncnc1NCc1cccc(C)n1. The Kier molecular flexibility index (Phi) is 3.72. The van der Waals surface area contributed by atoms with Gasteiger partial charge in [-0.05, 0) is 25.5 Å². The summed E-state index contributed by atoms with van der Waals surface area (Å²) in [7, 11) is 0. The van der Waals surface area contributed by atoms with E-state index in [1.807, 2.05) is 32.0 Å². The van der Waals surface area contributed by atoms with Crippen molar-refractivity contribution in [3.63, 3.8) is 0 Å². The van der Waals surface area contributed by atoms with Crippen LogP contribution in [0.3, 0.4) is 0 Å². The maximum Gasteiger partial charge on any atom is 0.135 e. The zero-order chi connectivity index (χ0) is 13.0. The summed E-state index contributed by atoms with van der Waals surface area (Å²) in [5.41, 5.74) is 8.75. The fourth-order valence-corrected chi connectivity index (χ4v) is 1.80. The lowest BCUT2D eigenvalue weighted by Gasteiger charge is -2.10. The monoisotopic (exact) mass is 243 g/mol. The average molecular weight is 243 g/mol. The van der Waals surface area contributed by atoms with Gasteiger partial charge in [0.25, 0.3) is 0 Å². The van der Waals surface area contributed by atoms with Gasteiger partial charge in [-0.2, -0.15) is 0 Å². The first-order valence-electron chi connectivity index (χ1n) is 5.96. The number of nitrogens with one attached hydrogen (secondary N) is 1. The second-order valence-electron chi connectivity index (χ2n) is 4.06. The molecule has 5 heteroatoms. The Morgan fingerprint density at radius 1 is 1.28 bits per heavy atom. The van der Waals surface area contributed by atoms with Gasteiger partial charge >= 0.3 is 0 Å². The molecule has 0 fully saturated rings. The predicted molar refractivity (Wildman–Crippen MR) is 72.1 cm³/mol. The molecular formula is C13H17N5. The lowest BCUT2D eigenvalue weighted by Crippen LogP contribution is -2.08. The lowest BCUT2D eigenvalue weighted by atomic mass is 10.2. The van der Waals surface area contributed by atoms with Crippen molar-refractivity contribution in [1.29, 1.82) is 0 Å². The van der Waals surface area contributed by atoms with Gasteiger partial charge in [0, 0.05) is 11.3 Å². The van der Waals surface area contributed by atoms with Crippen LogP contribution in [0.5, 0.6) is 0 Å². The van der Waals surface area contributed by atoms with Gasteiger partial charge in [-0.1, -0.05) is 13.0 Å². The number of pyridine rings is 1. The standard InChI is InChI=1S/C13H17N5/c1-3-11-12(14)16-8-17-13(11)15-7-10-6-4-5-9(2)18-10/h4-6,8H,3,7H2,1-2H3,(H3,14,15,16,17). The van der Waals surface area contributed by atoms with Gasteiger partial charge in [-0.25, -0.2) is 9.97 Å². The van der Waals surface area contributed by atoms with E-state index in [2.05, 4.69) is 20.3 Å². The van der Waals surface area contributed by atoms with Crippen LogP contribution in [-0.2, 0) is 13.0 Å². The average Bonchev–Trinajstić information content (AvgIpc) is 2.36. The van der Waals surface area contributed by atoms with Gasteiger partial charge in [0.05, 0.1) is 12.2 Å². The molecule has 0 aromatic carbocycles. The quantitative estimate of drug-likeness (QED) is 0.858. The topological polar surface area (TPSA) is 76.7 Å². The largest absolute Gasteiger partial charge is 0.383 e. The Balaban J connectivity index is 2.13. The summed E-state index contributed by atoms with van der Waals surface area (Å²) in [5, 5.41) is 3.25. The molecule has 0 aliphatic carbocycles. The van der Waals surface area contributed by atoms with Crippen LogP contribution in [-0.4, -0.2) is 15.0 Å². The molecule has 94 valence electrons. The van der Waals surface area contributed by atoms with E-state index in [1.165, 1.54) is 6.33 Å². The molecule has 2 heterocycles. The molecule has 0 saturated heterocycles. The van der Waals surface area contributed by atoms with Gasteiger partial charge in [0.15, 0.2) is 0 Å².